The third-order valence-corrected chi connectivity index (χ3v) is 4.28. The highest BCUT2D eigenvalue weighted by atomic mass is 35.5. The average Bonchev–Trinajstić information content (AvgIpc) is 3.17. The van der Waals surface area contributed by atoms with Crippen molar-refractivity contribution in [3.8, 4) is 0 Å². The molecule has 0 aliphatic heterocycles. The molecule has 116 valence electrons. The molecule has 0 amide bonds. The van der Waals surface area contributed by atoms with E-state index in [1.807, 2.05) is 6.92 Å². The van der Waals surface area contributed by atoms with Gasteiger partial charge in [0.25, 0.3) is 0 Å². The monoisotopic (exact) mass is 335 g/mol. The van der Waals surface area contributed by atoms with Gasteiger partial charge in [-0.05, 0) is 37.5 Å². The van der Waals surface area contributed by atoms with E-state index in [-0.39, 0.29) is 18.5 Å². The zero-order valence-electron chi connectivity index (χ0n) is 11.5. The predicted molar refractivity (Wildman–Crippen MR) is 82.2 cm³/mol. The smallest absolute Gasteiger partial charge is 0.245 e. The molecule has 3 nitrogen and oxygen atoms in total. The fourth-order valence-corrected chi connectivity index (χ4v) is 2.62. The number of alkyl halides is 2. The van der Waals surface area contributed by atoms with E-state index in [1.165, 1.54) is 0 Å². The molecule has 1 unspecified atom stereocenters. The minimum Gasteiger partial charge on any atom is -0.370 e. The first kappa shape index (κ1) is 16.3. The van der Waals surface area contributed by atoms with Crippen molar-refractivity contribution in [1.29, 1.82) is 0 Å². The first-order chi connectivity index (χ1) is 9.84. The van der Waals surface area contributed by atoms with Crippen LogP contribution >= 0.6 is 23.2 Å². The molecule has 1 aliphatic rings. The van der Waals surface area contributed by atoms with Crippen LogP contribution in [0.2, 0.25) is 10.0 Å². The Labute approximate surface area is 132 Å². The number of nitrogens with one attached hydrogen (secondary N) is 1. The first-order valence-corrected chi connectivity index (χ1v) is 7.39. The molecule has 0 bridgehead atoms. The molecule has 1 saturated carbocycles. The molecule has 21 heavy (non-hydrogen) atoms. The molecule has 0 saturated heterocycles. The summed E-state index contributed by atoms with van der Waals surface area (Å²) in [6.07, 6.45) is -1.35. The normalized spacial score (nSPS) is 18.7. The van der Waals surface area contributed by atoms with Crippen molar-refractivity contribution in [2.75, 3.05) is 6.54 Å². The maximum absolute atomic E-state index is 12.8. The number of halogens is 4. The van der Waals surface area contributed by atoms with Gasteiger partial charge in [0.1, 0.15) is 0 Å². The van der Waals surface area contributed by atoms with Crippen LogP contribution in [-0.2, 0) is 0 Å². The minimum atomic E-state index is -2.35. The fraction of sp³-hybridized carbons (Fsp3) is 0.500. The van der Waals surface area contributed by atoms with Gasteiger partial charge >= 0.3 is 0 Å². The number of hydrogen-bond acceptors (Lipinski definition) is 1. The van der Waals surface area contributed by atoms with Gasteiger partial charge in [0, 0.05) is 10.0 Å². The summed E-state index contributed by atoms with van der Waals surface area (Å²) in [5.41, 5.74) is 5.60. The Bertz CT molecular complexity index is 545. The molecular formula is C14H17Cl2F2N3. The summed E-state index contributed by atoms with van der Waals surface area (Å²) in [6, 6.07) is 4.96. The number of rotatable bonds is 5. The van der Waals surface area contributed by atoms with Gasteiger partial charge < -0.3 is 11.1 Å². The van der Waals surface area contributed by atoms with Crippen LogP contribution in [0.3, 0.4) is 0 Å². The SMILES string of the molecule is CC(NC(N)=NCC1(C(F)F)CC1)c1ccc(Cl)cc1Cl. The average molecular weight is 336 g/mol. The van der Waals surface area contributed by atoms with Crippen molar-refractivity contribution in [1.82, 2.24) is 5.32 Å². The lowest BCUT2D eigenvalue weighted by Crippen LogP contribution is -2.35. The lowest BCUT2D eigenvalue weighted by atomic mass is 10.1. The van der Waals surface area contributed by atoms with Crippen molar-refractivity contribution in [2.45, 2.75) is 32.2 Å². The van der Waals surface area contributed by atoms with E-state index in [0.29, 0.717) is 22.9 Å². The van der Waals surface area contributed by atoms with Crippen LogP contribution in [0, 0.1) is 5.41 Å². The summed E-state index contributed by atoms with van der Waals surface area (Å²) >= 11 is 11.9. The summed E-state index contributed by atoms with van der Waals surface area (Å²) in [5, 5.41) is 4.01. The highest BCUT2D eigenvalue weighted by Crippen LogP contribution is 2.50. The Hall–Kier alpha value is -1.07. The van der Waals surface area contributed by atoms with Crippen molar-refractivity contribution < 1.29 is 8.78 Å². The van der Waals surface area contributed by atoms with Crippen LogP contribution in [-0.4, -0.2) is 18.9 Å². The summed E-state index contributed by atoms with van der Waals surface area (Å²) < 4.78 is 25.6. The molecule has 0 aromatic heterocycles. The fourth-order valence-electron chi connectivity index (χ4n) is 2.05. The Kier molecular flexibility index (Phi) is 4.94. The Balaban J connectivity index is 1.97. The topological polar surface area (TPSA) is 50.4 Å². The first-order valence-electron chi connectivity index (χ1n) is 6.63. The molecule has 1 atom stereocenters. The zero-order valence-corrected chi connectivity index (χ0v) is 13.1. The standard InChI is InChI=1S/C14H17Cl2F2N3/c1-8(10-3-2-9(15)6-11(10)16)21-13(19)20-7-14(4-5-14)12(17)18/h2-3,6,8,12H,4-5,7H2,1H3,(H3,19,20,21). The van der Waals surface area contributed by atoms with Crippen molar-refractivity contribution >= 4 is 29.2 Å². The maximum Gasteiger partial charge on any atom is 0.245 e. The summed E-state index contributed by atoms with van der Waals surface area (Å²) in [7, 11) is 0. The molecule has 1 aromatic carbocycles. The molecule has 2 rings (SSSR count). The summed E-state index contributed by atoms with van der Waals surface area (Å²) in [6.45, 7) is 1.90. The van der Waals surface area contributed by atoms with Crippen molar-refractivity contribution in [3.05, 3.63) is 33.8 Å². The van der Waals surface area contributed by atoms with Crippen LogP contribution in [0.15, 0.2) is 23.2 Å². The second-order valence-electron chi connectivity index (χ2n) is 5.40. The molecular weight excluding hydrogens is 319 g/mol. The largest absolute Gasteiger partial charge is 0.370 e. The van der Waals surface area contributed by atoms with Gasteiger partial charge in [-0.3, -0.25) is 4.99 Å². The van der Waals surface area contributed by atoms with Crippen molar-refractivity contribution in [2.24, 2.45) is 16.1 Å². The molecule has 0 heterocycles. The van der Waals surface area contributed by atoms with Crippen LogP contribution in [0.5, 0.6) is 0 Å². The third-order valence-electron chi connectivity index (χ3n) is 3.71. The Morgan fingerprint density at radius 3 is 2.62 bits per heavy atom. The van der Waals surface area contributed by atoms with Crippen molar-refractivity contribution in [3.63, 3.8) is 0 Å². The molecule has 1 aromatic rings. The number of nitrogens with zero attached hydrogens (tertiary/aromatic N) is 1. The lowest BCUT2D eigenvalue weighted by Gasteiger charge is -2.17. The van der Waals surface area contributed by atoms with Gasteiger partial charge in [0.05, 0.1) is 18.0 Å². The van der Waals surface area contributed by atoms with Crippen LogP contribution in [0.1, 0.15) is 31.4 Å². The number of guanidine groups is 1. The molecule has 1 aliphatic carbocycles. The highest BCUT2D eigenvalue weighted by Gasteiger charge is 2.50. The highest BCUT2D eigenvalue weighted by molar-refractivity contribution is 6.35. The van der Waals surface area contributed by atoms with Crippen LogP contribution in [0.4, 0.5) is 8.78 Å². The van der Waals surface area contributed by atoms with Gasteiger partial charge in [-0.25, -0.2) is 8.78 Å². The minimum absolute atomic E-state index is 0.0462. The number of hydrogen-bond donors (Lipinski definition) is 2. The van der Waals surface area contributed by atoms with Gasteiger partial charge in [-0.1, -0.05) is 29.3 Å². The Morgan fingerprint density at radius 2 is 2.10 bits per heavy atom. The van der Waals surface area contributed by atoms with Gasteiger partial charge in [0.2, 0.25) is 6.43 Å². The van der Waals surface area contributed by atoms with E-state index < -0.39 is 11.8 Å². The van der Waals surface area contributed by atoms with E-state index in [4.69, 9.17) is 28.9 Å². The van der Waals surface area contributed by atoms with Crippen LogP contribution < -0.4 is 11.1 Å². The predicted octanol–water partition coefficient (Wildman–Crippen LogP) is 4.00. The van der Waals surface area contributed by atoms with Crippen LogP contribution in [0.25, 0.3) is 0 Å². The molecule has 1 fully saturated rings. The summed E-state index contributed by atoms with van der Waals surface area (Å²) in [5.74, 6) is 0.139. The van der Waals surface area contributed by atoms with Gasteiger partial charge in [-0.2, -0.15) is 0 Å². The van der Waals surface area contributed by atoms with E-state index in [2.05, 4.69) is 10.3 Å². The van der Waals surface area contributed by atoms with E-state index >= 15 is 0 Å². The second-order valence-corrected chi connectivity index (χ2v) is 6.24. The van der Waals surface area contributed by atoms with E-state index in [1.54, 1.807) is 18.2 Å². The second kappa shape index (κ2) is 6.36. The van der Waals surface area contributed by atoms with Gasteiger partial charge in [0.15, 0.2) is 5.96 Å². The lowest BCUT2D eigenvalue weighted by molar-refractivity contribution is 0.0667. The summed E-state index contributed by atoms with van der Waals surface area (Å²) in [4.78, 5) is 4.03. The number of nitrogens with two attached hydrogens (primary N) is 1. The molecule has 3 N–H and O–H groups in total. The third kappa shape index (κ3) is 3.98. The van der Waals surface area contributed by atoms with E-state index in [9.17, 15) is 8.78 Å². The molecule has 7 heteroatoms. The zero-order chi connectivity index (χ0) is 15.6. The Morgan fingerprint density at radius 1 is 1.43 bits per heavy atom. The number of benzene rings is 1. The maximum atomic E-state index is 12.8. The molecule has 0 spiro atoms. The number of aliphatic imine (C=N–C) groups is 1. The quantitative estimate of drug-likeness (QED) is 0.631. The molecule has 0 radical (unpaired) electrons. The van der Waals surface area contributed by atoms with Gasteiger partial charge in [-0.15, -0.1) is 0 Å². The van der Waals surface area contributed by atoms with E-state index in [0.717, 1.165) is 5.56 Å².